The predicted octanol–water partition coefficient (Wildman–Crippen LogP) is 3.13. The first-order chi connectivity index (χ1) is 9.78. The third-order valence-electron chi connectivity index (χ3n) is 4.09. The van der Waals surface area contributed by atoms with E-state index < -0.39 is 0 Å². The van der Waals surface area contributed by atoms with E-state index in [1.165, 1.54) is 16.7 Å². The molecule has 20 heavy (non-hydrogen) atoms. The number of nitrogens with one attached hydrogen (secondary N) is 1. The number of nitrogens with zero attached hydrogens (tertiary/aromatic N) is 1. The van der Waals surface area contributed by atoms with E-state index in [2.05, 4.69) is 23.3 Å². The fourth-order valence-electron chi connectivity index (χ4n) is 2.99. The topological polar surface area (TPSA) is 45.2 Å². The van der Waals surface area contributed by atoms with Gasteiger partial charge >= 0.3 is 0 Å². The highest BCUT2D eigenvalue weighted by atomic mass is 16.3. The highest BCUT2D eigenvalue weighted by molar-refractivity contribution is 5.40. The average Bonchev–Trinajstić information content (AvgIpc) is 2.87. The van der Waals surface area contributed by atoms with Gasteiger partial charge in [-0.15, -0.1) is 0 Å². The number of pyridine rings is 1. The lowest BCUT2D eigenvalue weighted by molar-refractivity contribution is 0.474. The molecule has 3 heteroatoms. The first kappa shape index (κ1) is 13.1. The summed E-state index contributed by atoms with van der Waals surface area (Å²) in [6, 6.07) is 10.2. The number of hydrogen-bond donors (Lipinski definition) is 2. The molecular formula is C17H20N2O. The highest BCUT2D eigenvalue weighted by Crippen LogP contribution is 2.33. The molecule has 0 bridgehead atoms. The molecule has 0 fully saturated rings. The van der Waals surface area contributed by atoms with E-state index in [1.54, 1.807) is 6.07 Å². The monoisotopic (exact) mass is 268 g/mol. The lowest BCUT2D eigenvalue weighted by Gasteiger charge is -2.15. The average molecular weight is 268 g/mol. The van der Waals surface area contributed by atoms with Crippen molar-refractivity contribution in [3.05, 3.63) is 58.9 Å². The molecule has 2 N–H and O–H groups in total. The van der Waals surface area contributed by atoms with E-state index in [-0.39, 0.29) is 0 Å². The fraction of sp³-hybridized carbons (Fsp3) is 0.353. The van der Waals surface area contributed by atoms with E-state index in [0.717, 1.165) is 31.5 Å². The maximum atomic E-state index is 9.53. The summed E-state index contributed by atoms with van der Waals surface area (Å²) in [5.74, 6) is 0.363. The van der Waals surface area contributed by atoms with Gasteiger partial charge in [0, 0.05) is 18.8 Å². The van der Waals surface area contributed by atoms with Crippen molar-refractivity contribution in [3.63, 3.8) is 0 Å². The third-order valence-corrected chi connectivity index (χ3v) is 4.09. The van der Waals surface area contributed by atoms with Gasteiger partial charge in [-0.3, -0.25) is 4.98 Å². The molecule has 1 aromatic carbocycles. The summed E-state index contributed by atoms with van der Waals surface area (Å²) in [6.07, 6.45) is 4.99. The molecule has 1 aliphatic carbocycles. The summed E-state index contributed by atoms with van der Waals surface area (Å²) in [7, 11) is 0. The third kappa shape index (κ3) is 2.54. The number of fused-ring (bicyclic) bond motifs is 1. The molecule has 1 aromatic heterocycles. The first-order valence-corrected chi connectivity index (χ1v) is 7.26. The van der Waals surface area contributed by atoms with Gasteiger partial charge in [-0.1, -0.05) is 19.1 Å². The van der Waals surface area contributed by atoms with Gasteiger partial charge in [0.2, 0.25) is 0 Å². The van der Waals surface area contributed by atoms with Gasteiger partial charge in [-0.2, -0.15) is 0 Å². The maximum Gasteiger partial charge on any atom is 0.115 e. The van der Waals surface area contributed by atoms with E-state index >= 15 is 0 Å². The Kier molecular flexibility index (Phi) is 3.70. The van der Waals surface area contributed by atoms with Gasteiger partial charge in [0.25, 0.3) is 0 Å². The van der Waals surface area contributed by atoms with Gasteiger partial charge in [0.05, 0.1) is 5.69 Å². The van der Waals surface area contributed by atoms with E-state index in [0.29, 0.717) is 11.8 Å². The zero-order valence-electron chi connectivity index (χ0n) is 11.8. The minimum Gasteiger partial charge on any atom is -0.508 e. The molecule has 3 nitrogen and oxygen atoms in total. The molecule has 104 valence electrons. The number of phenolic OH excluding ortho intramolecular Hbond substituents is 1. The van der Waals surface area contributed by atoms with Crippen molar-refractivity contribution in [1.29, 1.82) is 0 Å². The van der Waals surface area contributed by atoms with Crippen LogP contribution in [0.25, 0.3) is 0 Å². The van der Waals surface area contributed by atoms with Gasteiger partial charge < -0.3 is 10.4 Å². The molecule has 1 unspecified atom stereocenters. The van der Waals surface area contributed by atoms with Crippen LogP contribution in [0.4, 0.5) is 0 Å². The lowest BCUT2D eigenvalue weighted by atomic mass is 10.1. The van der Waals surface area contributed by atoms with Crippen molar-refractivity contribution < 1.29 is 5.11 Å². The Balaban J connectivity index is 1.72. The Hall–Kier alpha value is -1.87. The SMILES string of the molecule is CCc1cccnc1CNC1CCc2cc(O)ccc21. The second-order valence-corrected chi connectivity index (χ2v) is 5.32. The van der Waals surface area contributed by atoms with Crippen LogP contribution in [0.3, 0.4) is 0 Å². The molecule has 0 spiro atoms. The molecule has 1 atom stereocenters. The Morgan fingerprint density at radius 1 is 1.35 bits per heavy atom. The second-order valence-electron chi connectivity index (χ2n) is 5.32. The van der Waals surface area contributed by atoms with E-state index in [1.807, 2.05) is 24.4 Å². The quantitative estimate of drug-likeness (QED) is 0.895. The van der Waals surface area contributed by atoms with Gasteiger partial charge in [-0.25, -0.2) is 0 Å². The zero-order valence-corrected chi connectivity index (χ0v) is 11.8. The van der Waals surface area contributed by atoms with Crippen LogP contribution < -0.4 is 5.32 Å². The van der Waals surface area contributed by atoms with Crippen LogP contribution in [-0.4, -0.2) is 10.1 Å². The minimum absolute atomic E-state index is 0.363. The standard InChI is InChI=1S/C17H20N2O/c1-2-12-4-3-9-18-17(12)11-19-16-8-5-13-10-14(20)6-7-15(13)16/h3-4,6-7,9-10,16,19-20H,2,5,8,11H2,1H3. The van der Waals surface area contributed by atoms with Crippen LogP contribution in [0, 0.1) is 0 Å². The molecule has 0 saturated heterocycles. The van der Waals surface area contributed by atoms with Crippen LogP contribution in [-0.2, 0) is 19.4 Å². The summed E-state index contributed by atoms with van der Waals surface area (Å²) >= 11 is 0. The number of benzene rings is 1. The zero-order chi connectivity index (χ0) is 13.9. The maximum absolute atomic E-state index is 9.53. The van der Waals surface area contributed by atoms with Crippen molar-refractivity contribution >= 4 is 0 Å². The van der Waals surface area contributed by atoms with Crippen LogP contribution in [0.1, 0.15) is 41.8 Å². The molecule has 3 rings (SSSR count). The first-order valence-electron chi connectivity index (χ1n) is 7.26. The van der Waals surface area contributed by atoms with E-state index in [9.17, 15) is 5.11 Å². The summed E-state index contributed by atoms with van der Waals surface area (Å²) in [5.41, 5.74) is 5.03. The van der Waals surface area contributed by atoms with Gasteiger partial charge in [0.15, 0.2) is 0 Å². The molecule has 0 aliphatic heterocycles. The van der Waals surface area contributed by atoms with Crippen molar-refractivity contribution in [3.8, 4) is 5.75 Å². The molecular weight excluding hydrogens is 248 g/mol. The Morgan fingerprint density at radius 2 is 2.25 bits per heavy atom. The van der Waals surface area contributed by atoms with Gasteiger partial charge in [0.1, 0.15) is 5.75 Å². The van der Waals surface area contributed by atoms with Crippen LogP contribution in [0.5, 0.6) is 5.75 Å². The number of aromatic nitrogens is 1. The smallest absolute Gasteiger partial charge is 0.115 e. The molecule has 1 aliphatic rings. The number of aryl methyl sites for hydroxylation is 2. The minimum atomic E-state index is 0.363. The van der Waals surface area contributed by atoms with Crippen molar-refractivity contribution in [1.82, 2.24) is 10.3 Å². The molecule has 2 aromatic rings. The highest BCUT2D eigenvalue weighted by Gasteiger charge is 2.22. The van der Waals surface area contributed by atoms with Crippen LogP contribution in [0.2, 0.25) is 0 Å². The number of hydrogen-bond acceptors (Lipinski definition) is 3. The summed E-state index contributed by atoms with van der Waals surface area (Å²) in [5, 5.41) is 13.1. The van der Waals surface area contributed by atoms with E-state index in [4.69, 9.17) is 0 Å². The molecule has 0 saturated carbocycles. The Morgan fingerprint density at radius 3 is 3.10 bits per heavy atom. The van der Waals surface area contributed by atoms with Crippen molar-refractivity contribution in [2.24, 2.45) is 0 Å². The predicted molar refractivity (Wildman–Crippen MR) is 79.6 cm³/mol. The summed E-state index contributed by atoms with van der Waals surface area (Å²) in [6.45, 7) is 2.96. The lowest BCUT2D eigenvalue weighted by Crippen LogP contribution is -2.20. The van der Waals surface area contributed by atoms with Crippen molar-refractivity contribution in [2.45, 2.75) is 38.8 Å². The van der Waals surface area contributed by atoms with Crippen molar-refractivity contribution in [2.75, 3.05) is 0 Å². The number of rotatable bonds is 4. The van der Waals surface area contributed by atoms with Crippen LogP contribution >= 0.6 is 0 Å². The summed E-state index contributed by atoms with van der Waals surface area (Å²) in [4.78, 5) is 4.48. The molecule has 0 radical (unpaired) electrons. The summed E-state index contributed by atoms with van der Waals surface area (Å²) < 4.78 is 0. The normalized spacial score (nSPS) is 17.1. The van der Waals surface area contributed by atoms with Gasteiger partial charge in [-0.05, 0) is 54.2 Å². The number of phenols is 1. The Labute approximate surface area is 119 Å². The van der Waals surface area contributed by atoms with Crippen LogP contribution in [0.15, 0.2) is 36.5 Å². The molecule has 0 amide bonds. The second kappa shape index (κ2) is 5.63. The fourth-order valence-corrected chi connectivity index (χ4v) is 2.99. The number of aromatic hydroxyl groups is 1. The Bertz CT molecular complexity index is 610. The largest absolute Gasteiger partial charge is 0.508 e. The molecule has 1 heterocycles.